The number of hydrogen-bond acceptors (Lipinski definition) is 5. The summed E-state index contributed by atoms with van der Waals surface area (Å²) >= 11 is 0. The zero-order chi connectivity index (χ0) is 19.6. The Hall–Kier alpha value is -3.49. The molecular formula is C18H20N6O3. The lowest BCUT2D eigenvalue weighted by molar-refractivity contribution is -0.384. The molecule has 0 fully saturated rings. The third-order valence-corrected chi connectivity index (χ3v) is 4.49. The molecule has 2 aromatic heterocycles. The van der Waals surface area contributed by atoms with Crippen LogP contribution in [0.3, 0.4) is 0 Å². The van der Waals surface area contributed by atoms with Crippen molar-refractivity contribution in [3.8, 4) is 5.69 Å². The van der Waals surface area contributed by atoms with E-state index in [0.717, 1.165) is 17.0 Å². The highest BCUT2D eigenvalue weighted by Gasteiger charge is 2.12. The van der Waals surface area contributed by atoms with Crippen molar-refractivity contribution < 1.29 is 9.72 Å². The Kier molecular flexibility index (Phi) is 5.02. The van der Waals surface area contributed by atoms with Gasteiger partial charge in [0.1, 0.15) is 0 Å². The van der Waals surface area contributed by atoms with Gasteiger partial charge in [0, 0.05) is 37.6 Å². The van der Waals surface area contributed by atoms with Crippen LogP contribution in [0.2, 0.25) is 0 Å². The minimum Gasteiger partial charge on any atom is -0.352 e. The summed E-state index contributed by atoms with van der Waals surface area (Å²) in [5.74, 6) is -0.220. The number of hydrogen-bond donors (Lipinski definition) is 1. The fourth-order valence-corrected chi connectivity index (χ4v) is 2.89. The molecule has 0 saturated heterocycles. The van der Waals surface area contributed by atoms with E-state index in [-0.39, 0.29) is 11.6 Å². The average molecular weight is 368 g/mol. The van der Waals surface area contributed by atoms with E-state index in [9.17, 15) is 14.9 Å². The molecule has 0 atom stereocenters. The Balaban J connectivity index is 1.62. The quantitative estimate of drug-likeness (QED) is 0.529. The summed E-state index contributed by atoms with van der Waals surface area (Å²) in [6.45, 7) is 4.46. The van der Waals surface area contributed by atoms with Crippen LogP contribution in [0.1, 0.15) is 27.3 Å². The third-order valence-electron chi connectivity index (χ3n) is 4.49. The van der Waals surface area contributed by atoms with Gasteiger partial charge in [-0.15, -0.1) is 0 Å². The molecule has 0 radical (unpaired) electrons. The van der Waals surface area contributed by atoms with Crippen molar-refractivity contribution in [2.24, 2.45) is 7.05 Å². The molecule has 0 aliphatic rings. The maximum Gasteiger partial charge on any atom is 0.269 e. The standard InChI is InChI=1S/C18H20N6O3/c1-12-17(13(2)22(3)21-12)8-9-19-18(25)14-10-20-23(11-14)15-4-6-16(7-5-15)24(26)27/h4-7,10-11H,8-9H2,1-3H3,(H,19,25). The Bertz CT molecular complexity index is 987. The van der Waals surface area contributed by atoms with Gasteiger partial charge in [0.15, 0.2) is 0 Å². The number of carbonyl (C=O) groups excluding carboxylic acids is 1. The van der Waals surface area contributed by atoms with Crippen molar-refractivity contribution in [1.29, 1.82) is 0 Å². The summed E-state index contributed by atoms with van der Waals surface area (Å²) in [5.41, 5.74) is 4.27. The SMILES string of the molecule is Cc1nn(C)c(C)c1CCNC(=O)c1cnn(-c2ccc([N+](=O)[O-])cc2)c1. The summed E-state index contributed by atoms with van der Waals surface area (Å²) in [4.78, 5) is 22.6. The predicted octanol–water partition coefficient (Wildman–Crippen LogP) is 2.10. The molecule has 2 heterocycles. The Labute approximate surface area is 155 Å². The molecule has 140 valence electrons. The van der Waals surface area contributed by atoms with Crippen molar-refractivity contribution in [3.63, 3.8) is 0 Å². The molecule has 3 aromatic rings. The van der Waals surface area contributed by atoms with Gasteiger partial charge in [0.05, 0.1) is 28.1 Å². The van der Waals surface area contributed by atoms with Crippen LogP contribution in [-0.4, -0.2) is 36.9 Å². The van der Waals surface area contributed by atoms with Gasteiger partial charge >= 0.3 is 0 Å². The van der Waals surface area contributed by atoms with Gasteiger partial charge in [-0.1, -0.05) is 0 Å². The van der Waals surface area contributed by atoms with Crippen LogP contribution in [0.5, 0.6) is 0 Å². The third kappa shape index (κ3) is 3.86. The van der Waals surface area contributed by atoms with E-state index in [1.807, 2.05) is 25.6 Å². The zero-order valence-electron chi connectivity index (χ0n) is 15.3. The van der Waals surface area contributed by atoms with E-state index in [2.05, 4.69) is 15.5 Å². The second kappa shape index (κ2) is 7.40. The number of nitrogens with one attached hydrogen (secondary N) is 1. The highest BCUT2D eigenvalue weighted by atomic mass is 16.6. The molecule has 0 unspecified atom stereocenters. The van der Waals surface area contributed by atoms with E-state index < -0.39 is 4.92 Å². The van der Waals surface area contributed by atoms with Gasteiger partial charge < -0.3 is 5.32 Å². The smallest absolute Gasteiger partial charge is 0.269 e. The number of non-ortho nitro benzene ring substituents is 1. The molecule has 0 saturated carbocycles. The second-order valence-electron chi connectivity index (χ2n) is 6.23. The number of amides is 1. The molecule has 1 amide bonds. The molecule has 27 heavy (non-hydrogen) atoms. The fraction of sp³-hybridized carbons (Fsp3) is 0.278. The Morgan fingerprint density at radius 2 is 1.96 bits per heavy atom. The molecule has 9 nitrogen and oxygen atoms in total. The Morgan fingerprint density at radius 3 is 2.56 bits per heavy atom. The van der Waals surface area contributed by atoms with Gasteiger partial charge in [-0.05, 0) is 38.0 Å². The van der Waals surface area contributed by atoms with E-state index >= 15 is 0 Å². The highest BCUT2D eigenvalue weighted by molar-refractivity contribution is 5.93. The molecule has 0 spiro atoms. The molecule has 0 aliphatic heterocycles. The van der Waals surface area contributed by atoms with Gasteiger partial charge in [-0.25, -0.2) is 4.68 Å². The summed E-state index contributed by atoms with van der Waals surface area (Å²) in [5, 5.41) is 22.1. The predicted molar refractivity (Wildman–Crippen MR) is 98.9 cm³/mol. The first-order valence-corrected chi connectivity index (χ1v) is 8.43. The molecule has 0 bridgehead atoms. The van der Waals surface area contributed by atoms with Crippen LogP contribution in [0.4, 0.5) is 5.69 Å². The summed E-state index contributed by atoms with van der Waals surface area (Å²) in [6, 6.07) is 5.96. The maximum atomic E-state index is 12.3. The summed E-state index contributed by atoms with van der Waals surface area (Å²) in [6.07, 6.45) is 3.77. The van der Waals surface area contributed by atoms with Crippen molar-refractivity contribution in [1.82, 2.24) is 24.9 Å². The van der Waals surface area contributed by atoms with E-state index in [1.54, 1.807) is 18.3 Å². The fourth-order valence-electron chi connectivity index (χ4n) is 2.89. The first kappa shape index (κ1) is 18.3. The minimum absolute atomic E-state index is 0.00450. The number of aryl methyl sites for hydroxylation is 2. The molecule has 1 N–H and O–H groups in total. The van der Waals surface area contributed by atoms with E-state index in [1.165, 1.54) is 23.0 Å². The van der Waals surface area contributed by atoms with Crippen molar-refractivity contribution >= 4 is 11.6 Å². The lowest BCUT2D eigenvalue weighted by atomic mass is 10.1. The van der Waals surface area contributed by atoms with Crippen LogP contribution in [0.15, 0.2) is 36.7 Å². The molecule has 0 aliphatic carbocycles. The Morgan fingerprint density at radius 1 is 1.26 bits per heavy atom. The topological polar surface area (TPSA) is 108 Å². The van der Waals surface area contributed by atoms with E-state index in [0.29, 0.717) is 24.2 Å². The largest absolute Gasteiger partial charge is 0.352 e. The van der Waals surface area contributed by atoms with Crippen LogP contribution in [0, 0.1) is 24.0 Å². The van der Waals surface area contributed by atoms with Gasteiger partial charge in [0.25, 0.3) is 11.6 Å². The lowest BCUT2D eigenvalue weighted by Gasteiger charge is -2.04. The normalized spacial score (nSPS) is 10.8. The van der Waals surface area contributed by atoms with Crippen molar-refractivity contribution in [3.05, 3.63) is 69.3 Å². The number of nitro groups is 1. The minimum atomic E-state index is -0.461. The van der Waals surface area contributed by atoms with Crippen molar-refractivity contribution in [2.45, 2.75) is 20.3 Å². The molecule has 3 rings (SSSR count). The van der Waals surface area contributed by atoms with Gasteiger partial charge in [-0.3, -0.25) is 19.6 Å². The monoisotopic (exact) mass is 368 g/mol. The molecular weight excluding hydrogens is 348 g/mol. The number of aromatic nitrogens is 4. The van der Waals surface area contributed by atoms with E-state index in [4.69, 9.17) is 0 Å². The number of carbonyl (C=O) groups is 1. The van der Waals surface area contributed by atoms with Crippen LogP contribution in [0.25, 0.3) is 5.69 Å². The number of rotatable bonds is 6. The number of nitrogens with zero attached hydrogens (tertiary/aromatic N) is 5. The molecule has 1 aromatic carbocycles. The van der Waals surface area contributed by atoms with Gasteiger partial charge in [-0.2, -0.15) is 10.2 Å². The summed E-state index contributed by atoms with van der Waals surface area (Å²) in [7, 11) is 1.90. The second-order valence-corrected chi connectivity index (χ2v) is 6.23. The summed E-state index contributed by atoms with van der Waals surface area (Å²) < 4.78 is 3.34. The van der Waals surface area contributed by atoms with Crippen LogP contribution >= 0.6 is 0 Å². The van der Waals surface area contributed by atoms with Crippen LogP contribution < -0.4 is 5.32 Å². The number of nitro benzene ring substituents is 1. The number of benzene rings is 1. The molecule has 9 heteroatoms. The van der Waals surface area contributed by atoms with Crippen molar-refractivity contribution in [2.75, 3.05) is 6.54 Å². The lowest BCUT2D eigenvalue weighted by Crippen LogP contribution is -2.25. The van der Waals surface area contributed by atoms with Gasteiger partial charge in [0.2, 0.25) is 0 Å². The van der Waals surface area contributed by atoms with Crippen LogP contribution in [-0.2, 0) is 13.5 Å². The first-order chi connectivity index (χ1) is 12.9. The zero-order valence-corrected chi connectivity index (χ0v) is 15.3. The highest BCUT2D eigenvalue weighted by Crippen LogP contribution is 2.15. The average Bonchev–Trinajstić information content (AvgIpc) is 3.22. The first-order valence-electron chi connectivity index (χ1n) is 8.43. The maximum absolute atomic E-state index is 12.3.